The molecule has 4 rings (SSSR count). The maximum Gasteiger partial charge on any atom is 0.126 e. The topological polar surface area (TPSA) is 21.6 Å². The standard InChI is InChI=1S/C32H34NOP/c1-23-14-13-21-29(30(23)34-22-26-16-8-6-9-17-26)32(4,5)35-31-24(2)15-12-20-28(31)25(3)33-27-18-10-7-11-19-27/h6-21,35H,22H2,1-5H3/b33-25+. The first-order valence-electron chi connectivity index (χ1n) is 12.1. The predicted octanol–water partition coefficient (Wildman–Crippen LogP) is 8.26. The number of ether oxygens (including phenoxy) is 1. The first-order chi connectivity index (χ1) is 16.8. The third-order valence-electron chi connectivity index (χ3n) is 6.26. The molecule has 178 valence electrons. The lowest BCUT2D eigenvalue weighted by molar-refractivity contribution is 0.298. The zero-order valence-corrected chi connectivity index (χ0v) is 22.3. The smallest absolute Gasteiger partial charge is 0.126 e. The number of rotatable bonds is 8. The highest BCUT2D eigenvalue weighted by molar-refractivity contribution is 7.48. The molecular weight excluding hydrogens is 445 g/mol. The van der Waals surface area contributed by atoms with E-state index in [-0.39, 0.29) is 5.16 Å². The molecule has 0 aliphatic carbocycles. The van der Waals surface area contributed by atoms with Crippen LogP contribution in [0.3, 0.4) is 0 Å². The lowest BCUT2D eigenvalue weighted by Gasteiger charge is -2.30. The number of hydrogen-bond donors (Lipinski definition) is 0. The van der Waals surface area contributed by atoms with Crippen LogP contribution in [0.4, 0.5) is 5.69 Å². The minimum Gasteiger partial charge on any atom is -0.488 e. The van der Waals surface area contributed by atoms with Crippen molar-refractivity contribution >= 4 is 25.3 Å². The second-order valence-electron chi connectivity index (χ2n) is 9.51. The van der Waals surface area contributed by atoms with Gasteiger partial charge in [0, 0.05) is 22.0 Å². The van der Waals surface area contributed by atoms with Crippen molar-refractivity contribution in [2.75, 3.05) is 0 Å². The normalized spacial score (nSPS) is 12.3. The Hall–Kier alpha value is -3.22. The van der Waals surface area contributed by atoms with E-state index in [1.807, 2.05) is 36.4 Å². The van der Waals surface area contributed by atoms with Gasteiger partial charge in [0.15, 0.2) is 0 Å². The largest absolute Gasteiger partial charge is 0.488 e. The molecule has 1 atom stereocenters. The quantitative estimate of drug-likeness (QED) is 0.184. The fourth-order valence-electron chi connectivity index (χ4n) is 4.34. The summed E-state index contributed by atoms with van der Waals surface area (Å²) < 4.78 is 6.45. The molecule has 0 aliphatic rings. The molecule has 4 aromatic carbocycles. The predicted molar refractivity (Wildman–Crippen MR) is 152 cm³/mol. The molecule has 0 N–H and O–H groups in total. The van der Waals surface area contributed by atoms with Crippen molar-refractivity contribution in [3.8, 4) is 5.75 Å². The molecule has 4 aromatic rings. The molecule has 0 aromatic heterocycles. The highest BCUT2D eigenvalue weighted by Gasteiger charge is 2.28. The summed E-state index contributed by atoms with van der Waals surface area (Å²) in [4.78, 5) is 4.92. The van der Waals surface area contributed by atoms with Gasteiger partial charge in [0.1, 0.15) is 12.4 Å². The van der Waals surface area contributed by atoms with Crippen LogP contribution < -0.4 is 10.0 Å². The molecule has 0 spiro atoms. The second-order valence-corrected chi connectivity index (χ2v) is 11.5. The maximum absolute atomic E-state index is 6.45. The molecule has 0 aliphatic heterocycles. The Morgan fingerprint density at radius 3 is 2.11 bits per heavy atom. The zero-order chi connectivity index (χ0) is 24.8. The van der Waals surface area contributed by atoms with E-state index >= 15 is 0 Å². The number of aliphatic imine (C=N–C) groups is 1. The van der Waals surface area contributed by atoms with E-state index in [9.17, 15) is 0 Å². The first-order valence-corrected chi connectivity index (χ1v) is 13.1. The Kier molecular flexibility index (Phi) is 7.83. The summed E-state index contributed by atoms with van der Waals surface area (Å²) in [5.74, 6) is 0.999. The van der Waals surface area contributed by atoms with Crippen molar-refractivity contribution in [3.05, 3.63) is 125 Å². The van der Waals surface area contributed by atoms with Crippen molar-refractivity contribution in [3.63, 3.8) is 0 Å². The molecule has 3 heteroatoms. The number of para-hydroxylation sites is 2. The fourth-order valence-corrected chi connectivity index (χ4v) is 5.97. The van der Waals surface area contributed by atoms with Gasteiger partial charge in [0.25, 0.3) is 0 Å². The van der Waals surface area contributed by atoms with Crippen LogP contribution >= 0.6 is 8.58 Å². The Morgan fingerprint density at radius 1 is 0.771 bits per heavy atom. The Balaban J connectivity index is 1.67. The number of hydrogen-bond acceptors (Lipinski definition) is 2. The number of aryl methyl sites for hydroxylation is 2. The van der Waals surface area contributed by atoms with Crippen LogP contribution in [0.15, 0.2) is 102 Å². The van der Waals surface area contributed by atoms with Gasteiger partial charge in [-0.1, -0.05) is 107 Å². The summed E-state index contributed by atoms with van der Waals surface area (Å²) in [6, 6.07) is 33.6. The summed E-state index contributed by atoms with van der Waals surface area (Å²) >= 11 is 0. The Labute approximate surface area is 211 Å². The molecule has 0 amide bonds. The van der Waals surface area contributed by atoms with Crippen LogP contribution in [0, 0.1) is 13.8 Å². The van der Waals surface area contributed by atoms with Crippen LogP contribution in [0.2, 0.25) is 0 Å². The number of nitrogens with zero attached hydrogens (tertiary/aromatic N) is 1. The Morgan fingerprint density at radius 2 is 1.40 bits per heavy atom. The van der Waals surface area contributed by atoms with Crippen LogP contribution in [0.5, 0.6) is 5.75 Å². The van der Waals surface area contributed by atoms with E-state index in [1.165, 1.54) is 33.1 Å². The summed E-state index contributed by atoms with van der Waals surface area (Å²) in [7, 11) is 0.563. The van der Waals surface area contributed by atoms with E-state index in [4.69, 9.17) is 9.73 Å². The monoisotopic (exact) mass is 479 g/mol. The van der Waals surface area contributed by atoms with Crippen LogP contribution in [-0.2, 0) is 11.8 Å². The van der Waals surface area contributed by atoms with Gasteiger partial charge in [0.2, 0.25) is 0 Å². The minimum atomic E-state index is -0.105. The average molecular weight is 480 g/mol. The summed E-state index contributed by atoms with van der Waals surface area (Å²) in [6.07, 6.45) is 0. The molecular formula is C32H34NOP. The molecule has 0 fully saturated rings. The van der Waals surface area contributed by atoms with Gasteiger partial charge in [-0.15, -0.1) is 0 Å². The fraction of sp³-hybridized carbons (Fsp3) is 0.219. The van der Waals surface area contributed by atoms with Gasteiger partial charge < -0.3 is 4.74 Å². The van der Waals surface area contributed by atoms with Gasteiger partial charge in [0.05, 0.1) is 5.69 Å². The highest BCUT2D eigenvalue weighted by atomic mass is 31.1. The van der Waals surface area contributed by atoms with Crippen molar-refractivity contribution < 1.29 is 4.74 Å². The maximum atomic E-state index is 6.45. The van der Waals surface area contributed by atoms with Gasteiger partial charge in [-0.2, -0.15) is 0 Å². The van der Waals surface area contributed by atoms with Crippen LogP contribution in [0.25, 0.3) is 0 Å². The van der Waals surface area contributed by atoms with Crippen LogP contribution in [-0.4, -0.2) is 5.71 Å². The van der Waals surface area contributed by atoms with Crippen LogP contribution in [0.1, 0.15) is 48.6 Å². The SMILES string of the molecule is C/C(=N\c1ccccc1)c1cccc(C)c1PC(C)(C)c1cccc(C)c1OCc1ccccc1. The summed E-state index contributed by atoms with van der Waals surface area (Å²) in [6.45, 7) is 11.7. The first kappa shape index (κ1) is 24.9. The molecule has 35 heavy (non-hydrogen) atoms. The second kappa shape index (κ2) is 11.0. The third-order valence-corrected chi connectivity index (χ3v) is 8.07. The summed E-state index contributed by atoms with van der Waals surface area (Å²) in [5.41, 5.74) is 8.14. The molecule has 0 saturated heterocycles. The molecule has 0 saturated carbocycles. The lowest BCUT2D eigenvalue weighted by atomic mass is 9.98. The minimum absolute atomic E-state index is 0.105. The molecule has 1 unspecified atom stereocenters. The molecule has 0 heterocycles. The summed E-state index contributed by atoms with van der Waals surface area (Å²) in [5, 5.41) is 1.26. The number of benzene rings is 4. The van der Waals surface area contributed by atoms with Crippen molar-refractivity contribution in [2.45, 2.75) is 46.4 Å². The van der Waals surface area contributed by atoms with Gasteiger partial charge in [-0.3, -0.25) is 4.99 Å². The third kappa shape index (κ3) is 6.08. The highest BCUT2D eigenvalue weighted by Crippen LogP contribution is 2.46. The zero-order valence-electron chi connectivity index (χ0n) is 21.3. The van der Waals surface area contributed by atoms with Gasteiger partial charge >= 0.3 is 0 Å². The average Bonchev–Trinajstić information content (AvgIpc) is 2.85. The van der Waals surface area contributed by atoms with Gasteiger partial charge in [-0.25, -0.2) is 0 Å². The van der Waals surface area contributed by atoms with E-state index in [2.05, 4.69) is 95.3 Å². The van der Waals surface area contributed by atoms with Crippen molar-refractivity contribution in [1.82, 2.24) is 0 Å². The Bertz CT molecular complexity index is 1310. The molecule has 2 nitrogen and oxygen atoms in total. The molecule has 0 bridgehead atoms. The van der Waals surface area contributed by atoms with E-state index in [1.54, 1.807) is 0 Å². The lowest BCUT2D eigenvalue weighted by Crippen LogP contribution is -2.21. The van der Waals surface area contributed by atoms with E-state index in [0.29, 0.717) is 15.2 Å². The van der Waals surface area contributed by atoms with Crippen molar-refractivity contribution in [2.24, 2.45) is 4.99 Å². The molecule has 0 radical (unpaired) electrons. The van der Waals surface area contributed by atoms with Gasteiger partial charge in [-0.05, 0) is 54.9 Å². The van der Waals surface area contributed by atoms with E-state index in [0.717, 1.165) is 17.1 Å². The van der Waals surface area contributed by atoms with Crippen molar-refractivity contribution in [1.29, 1.82) is 0 Å². The van der Waals surface area contributed by atoms with E-state index < -0.39 is 0 Å².